The van der Waals surface area contributed by atoms with Gasteiger partial charge in [-0.05, 0) is 36.4 Å². The van der Waals surface area contributed by atoms with Crippen molar-refractivity contribution in [3.8, 4) is 22.8 Å². The number of amides is 1. The Morgan fingerprint density at radius 2 is 1.76 bits per heavy atom. The van der Waals surface area contributed by atoms with E-state index in [0.717, 1.165) is 4.68 Å². The van der Waals surface area contributed by atoms with Gasteiger partial charge < -0.3 is 14.8 Å². The molecule has 29 heavy (non-hydrogen) atoms. The Hall–Kier alpha value is -3.03. The van der Waals surface area contributed by atoms with E-state index in [0.29, 0.717) is 38.5 Å². The van der Waals surface area contributed by atoms with Gasteiger partial charge in [-0.1, -0.05) is 23.2 Å². The zero-order valence-electron chi connectivity index (χ0n) is 15.6. The predicted molar refractivity (Wildman–Crippen MR) is 112 cm³/mol. The number of hydrogen-bond donors (Lipinski definition) is 1. The lowest BCUT2D eigenvalue weighted by Gasteiger charge is -2.12. The molecular formula is C20H17Cl2N3O4. The van der Waals surface area contributed by atoms with Crippen molar-refractivity contribution < 1.29 is 14.3 Å². The molecule has 0 fully saturated rings. The van der Waals surface area contributed by atoms with Crippen molar-refractivity contribution >= 4 is 34.8 Å². The summed E-state index contributed by atoms with van der Waals surface area (Å²) in [6.45, 7) is -0.282. The van der Waals surface area contributed by atoms with E-state index in [4.69, 9.17) is 32.7 Å². The Morgan fingerprint density at radius 1 is 1.03 bits per heavy atom. The smallest absolute Gasteiger partial charge is 0.267 e. The van der Waals surface area contributed by atoms with Gasteiger partial charge in [0.2, 0.25) is 5.91 Å². The Balaban J connectivity index is 1.86. The van der Waals surface area contributed by atoms with Gasteiger partial charge in [0, 0.05) is 33.4 Å². The van der Waals surface area contributed by atoms with Crippen molar-refractivity contribution in [2.45, 2.75) is 6.54 Å². The number of halogens is 2. The molecule has 0 unspecified atom stereocenters. The van der Waals surface area contributed by atoms with Crippen LogP contribution in [0.1, 0.15) is 0 Å². The highest BCUT2D eigenvalue weighted by Gasteiger charge is 2.13. The van der Waals surface area contributed by atoms with Gasteiger partial charge in [-0.2, -0.15) is 5.10 Å². The number of methoxy groups -OCH3 is 2. The van der Waals surface area contributed by atoms with Crippen molar-refractivity contribution in [2.24, 2.45) is 0 Å². The van der Waals surface area contributed by atoms with E-state index >= 15 is 0 Å². The summed E-state index contributed by atoms with van der Waals surface area (Å²) in [5.41, 5.74) is 1.14. The van der Waals surface area contributed by atoms with E-state index in [2.05, 4.69) is 10.4 Å². The molecule has 0 bridgehead atoms. The van der Waals surface area contributed by atoms with E-state index in [1.165, 1.54) is 13.2 Å². The Kier molecular flexibility index (Phi) is 6.41. The molecular weight excluding hydrogens is 417 g/mol. The second-order valence-corrected chi connectivity index (χ2v) is 6.86. The molecule has 150 valence electrons. The van der Waals surface area contributed by atoms with E-state index in [-0.39, 0.29) is 6.54 Å². The molecule has 2 aromatic carbocycles. The minimum atomic E-state index is -0.447. The molecule has 0 aliphatic heterocycles. The molecule has 1 aromatic heterocycles. The lowest BCUT2D eigenvalue weighted by atomic mass is 10.1. The van der Waals surface area contributed by atoms with Gasteiger partial charge in [0.05, 0.1) is 19.9 Å². The number of hydrogen-bond acceptors (Lipinski definition) is 5. The summed E-state index contributed by atoms with van der Waals surface area (Å²) in [5.74, 6) is 0.704. The monoisotopic (exact) mass is 433 g/mol. The quantitative estimate of drug-likeness (QED) is 0.637. The number of carbonyl (C=O) groups excluding carboxylic acids is 1. The topological polar surface area (TPSA) is 82.5 Å². The average molecular weight is 434 g/mol. The number of rotatable bonds is 6. The van der Waals surface area contributed by atoms with Crippen LogP contribution in [-0.2, 0) is 11.3 Å². The molecule has 1 amide bonds. The third kappa shape index (κ3) is 5.07. The lowest BCUT2D eigenvalue weighted by molar-refractivity contribution is -0.117. The molecule has 0 radical (unpaired) electrons. The Bertz CT molecular complexity index is 1090. The highest BCUT2D eigenvalue weighted by Crippen LogP contribution is 2.31. The van der Waals surface area contributed by atoms with Crippen LogP contribution in [0.5, 0.6) is 11.5 Å². The molecule has 7 nitrogen and oxygen atoms in total. The van der Waals surface area contributed by atoms with E-state index in [1.54, 1.807) is 49.6 Å². The zero-order valence-corrected chi connectivity index (χ0v) is 17.1. The lowest BCUT2D eigenvalue weighted by Crippen LogP contribution is -2.29. The molecule has 3 aromatic rings. The molecule has 1 N–H and O–H groups in total. The van der Waals surface area contributed by atoms with Gasteiger partial charge in [-0.15, -0.1) is 0 Å². The third-order valence-corrected chi connectivity index (χ3v) is 4.43. The maximum Gasteiger partial charge on any atom is 0.267 e. The largest absolute Gasteiger partial charge is 0.497 e. The SMILES string of the molecule is COc1ccc(-c2ccc(=O)n(CC(=O)Nc3cc(Cl)cc(Cl)c3)n2)c(OC)c1. The standard InChI is InChI=1S/C20H17Cl2N3O4/c1-28-15-3-4-16(18(10-15)29-2)17-5-6-20(27)25(24-17)11-19(26)23-14-8-12(21)7-13(22)9-14/h3-10H,11H2,1-2H3,(H,23,26). The fraction of sp³-hybridized carbons (Fsp3) is 0.150. The molecule has 0 aliphatic carbocycles. The van der Waals surface area contributed by atoms with Gasteiger partial charge in [-0.3, -0.25) is 9.59 Å². The van der Waals surface area contributed by atoms with Gasteiger partial charge >= 0.3 is 0 Å². The minimum Gasteiger partial charge on any atom is -0.497 e. The number of ether oxygens (including phenoxy) is 2. The first-order chi connectivity index (χ1) is 13.9. The van der Waals surface area contributed by atoms with E-state index < -0.39 is 11.5 Å². The van der Waals surface area contributed by atoms with Gasteiger partial charge in [0.1, 0.15) is 18.0 Å². The number of nitrogens with one attached hydrogen (secondary N) is 1. The van der Waals surface area contributed by atoms with Crippen molar-refractivity contribution in [2.75, 3.05) is 19.5 Å². The highest BCUT2D eigenvalue weighted by atomic mass is 35.5. The maximum atomic E-state index is 12.4. The Labute approximate surface area is 176 Å². The van der Waals surface area contributed by atoms with Crippen LogP contribution in [0.25, 0.3) is 11.3 Å². The summed E-state index contributed by atoms with van der Waals surface area (Å²) >= 11 is 11.9. The van der Waals surface area contributed by atoms with Crippen molar-refractivity contribution in [1.29, 1.82) is 0 Å². The van der Waals surface area contributed by atoms with Crippen LogP contribution in [0.2, 0.25) is 10.0 Å². The van der Waals surface area contributed by atoms with Crippen LogP contribution < -0.4 is 20.3 Å². The highest BCUT2D eigenvalue weighted by molar-refractivity contribution is 6.35. The number of carbonyl (C=O) groups is 1. The number of benzene rings is 2. The molecule has 9 heteroatoms. The molecule has 0 spiro atoms. The van der Waals surface area contributed by atoms with Crippen molar-refractivity contribution in [3.63, 3.8) is 0 Å². The first kappa shape index (κ1) is 20.7. The molecule has 0 saturated heterocycles. The van der Waals surface area contributed by atoms with Gasteiger partial charge in [0.25, 0.3) is 5.56 Å². The summed E-state index contributed by atoms with van der Waals surface area (Å²) in [4.78, 5) is 24.6. The van der Waals surface area contributed by atoms with Crippen LogP contribution >= 0.6 is 23.2 Å². The molecule has 0 saturated carbocycles. The van der Waals surface area contributed by atoms with Crippen LogP contribution in [0, 0.1) is 0 Å². The van der Waals surface area contributed by atoms with Gasteiger partial charge in [-0.25, -0.2) is 4.68 Å². The molecule has 0 atom stereocenters. The van der Waals surface area contributed by atoms with Crippen LogP contribution in [0.4, 0.5) is 5.69 Å². The fourth-order valence-corrected chi connectivity index (χ4v) is 3.20. The third-order valence-electron chi connectivity index (χ3n) is 3.99. The summed E-state index contributed by atoms with van der Waals surface area (Å²) < 4.78 is 11.6. The second-order valence-electron chi connectivity index (χ2n) is 5.99. The zero-order chi connectivity index (χ0) is 21.0. The van der Waals surface area contributed by atoms with Crippen molar-refractivity contribution in [1.82, 2.24) is 9.78 Å². The molecule has 3 rings (SSSR count). The van der Waals surface area contributed by atoms with Crippen molar-refractivity contribution in [3.05, 3.63) is 68.9 Å². The number of nitrogens with zero attached hydrogens (tertiary/aromatic N) is 2. The van der Waals surface area contributed by atoms with E-state index in [9.17, 15) is 9.59 Å². The molecule has 1 heterocycles. The second kappa shape index (κ2) is 8.98. The van der Waals surface area contributed by atoms with Crippen LogP contribution in [0.15, 0.2) is 53.3 Å². The van der Waals surface area contributed by atoms with E-state index in [1.807, 2.05) is 0 Å². The van der Waals surface area contributed by atoms with Gasteiger partial charge in [0.15, 0.2) is 0 Å². The average Bonchev–Trinajstić information content (AvgIpc) is 2.68. The number of aromatic nitrogens is 2. The summed E-state index contributed by atoms with van der Waals surface area (Å²) in [6, 6.07) is 12.8. The summed E-state index contributed by atoms with van der Waals surface area (Å²) in [7, 11) is 3.08. The van der Waals surface area contributed by atoms with Crippen LogP contribution in [0.3, 0.4) is 0 Å². The normalized spacial score (nSPS) is 10.5. The molecule has 0 aliphatic rings. The fourth-order valence-electron chi connectivity index (χ4n) is 2.68. The predicted octanol–water partition coefficient (Wildman–Crippen LogP) is 3.87. The Morgan fingerprint density at radius 3 is 2.41 bits per heavy atom. The maximum absolute atomic E-state index is 12.4. The first-order valence-electron chi connectivity index (χ1n) is 8.46. The summed E-state index contributed by atoms with van der Waals surface area (Å²) in [5, 5.41) is 7.71. The minimum absolute atomic E-state index is 0.282. The summed E-state index contributed by atoms with van der Waals surface area (Å²) in [6.07, 6.45) is 0. The first-order valence-corrected chi connectivity index (χ1v) is 9.21. The van der Waals surface area contributed by atoms with Crippen LogP contribution in [-0.4, -0.2) is 29.9 Å². The number of anilines is 1.